The van der Waals surface area contributed by atoms with Gasteiger partial charge in [-0.05, 0) is 30.3 Å². The van der Waals surface area contributed by atoms with Crippen LogP contribution in [0.4, 0.5) is 4.39 Å². The highest BCUT2D eigenvalue weighted by molar-refractivity contribution is 14.0. The van der Waals surface area contributed by atoms with Crippen LogP contribution in [0.2, 0.25) is 0 Å². The Balaban J connectivity index is 0.00000242. The Morgan fingerprint density at radius 1 is 1.36 bits per heavy atom. The van der Waals surface area contributed by atoms with Gasteiger partial charge in [0.25, 0.3) is 0 Å². The Morgan fingerprint density at radius 2 is 2.09 bits per heavy atom. The zero-order valence-corrected chi connectivity index (χ0v) is 14.5. The zero-order chi connectivity index (χ0) is 15.1. The molecule has 1 aromatic carbocycles. The van der Waals surface area contributed by atoms with E-state index < -0.39 is 0 Å². The van der Waals surface area contributed by atoms with Gasteiger partial charge in [0.05, 0.1) is 24.5 Å². The summed E-state index contributed by atoms with van der Waals surface area (Å²) in [5.74, 6) is 0.0778. The number of rotatable bonds is 6. The molecule has 0 atom stereocenters. The zero-order valence-electron chi connectivity index (χ0n) is 12.2. The quantitative estimate of drug-likeness (QED) is 0.323. The molecule has 0 saturated carbocycles. The van der Waals surface area contributed by atoms with Gasteiger partial charge in [-0.15, -0.1) is 24.0 Å². The van der Waals surface area contributed by atoms with Crippen molar-refractivity contribution < 1.29 is 9.13 Å². The summed E-state index contributed by atoms with van der Waals surface area (Å²) in [6, 6.07) is 7.96. The summed E-state index contributed by atoms with van der Waals surface area (Å²) >= 11 is 0. The van der Waals surface area contributed by atoms with Crippen molar-refractivity contribution in [1.82, 2.24) is 15.1 Å². The summed E-state index contributed by atoms with van der Waals surface area (Å²) in [4.78, 5) is 4.18. The maximum atomic E-state index is 12.9. The van der Waals surface area contributed by atoms with Crippen LogP contribution in [0.25, 0.3) is 5.69 Å². The molecule has 6 nitrogen and oxygen atoms in total. The smallest absolute Gasteiger partial charge is 0.189 e. The van der Waals surface area contributed by atoms with E-state index >= 15 is 0 Å². The van der Waals surface area contributed by atoms with Gasteiger partial charge in [0.1, 0.15) is 5.82 Å². The standard InChI is InChI=1S/C14H18FN5O.HI/c1-21-9-7-17-14(16)18-10-12-6-8-20(19-12)13-4-2-11(15)3-5-13;/h2-6,8H,7,9-10H2,1H3,(H3,16,17,18);1H. The minimum atomic E-state index is -0.273. The number of aliphatic imine (C=N–C) groups is 1. The van der Waals surface area contributed by atoms with Gasteiger partial charge in [0.2, 0.25) is 0 Å². The van der Waals surface area contributed by atoms with Crippen molar-refractivity contribution in [1.29, 1.82) is 0 Å². The monoisotopic (exact) mass is 419 g/mol. The summed E-state index contributed by atoms with van der Waals surface area (Å²) in [7, 11) is 1.62. The Hall–Kier alpha value is -1.68. The molecule has 22 heavy (non-hydrogen) atoms. The van der Waals surface area contributed by atoms with E-state index in [9.17, 15) is 4.39 Å². The molecule has 3 N–H and O–H groups in total. The number of guanidine groups is 1. The normalized spacial score (nSPS) is 11.1. The molecule has 0 saturated heterocycles. The van der Waals surface area contributed by atoms with Crippen LogP contribution in [0.1, 0.15) is 5.69 Å². The topological polar surface area (TPSA) is 77.5 Å². The van der Waals surface area contributed by atoms with Gasteiger partial charge in [-0.25, -0.2) is 14.1 Å². The van der Waals surface area contributed by atoms with E-state index in [2.05, 4.69) is 15.4 Å². The second-order valence-corrected chi connectivity index (χ2v) is 4.35. The number of hydrogen-bond acceptors (Lipinski definition) is 3. The lowest BCUT2D eigenvalue weighted by Crippen LogP contribution is -2.34. The van der Waals surface area contributed by atoms with Crippen LogP contribution in [0.3, 0.4) is 0 Å². The molecule has 2 aromatic rings. The molecule has 0 fully saturated rings. The molecule has 8 heteroatoms. The first-order valence-corrected chi connectivity index (χ1v) is 6.52. The number of halogens is 2. The van der Waals surface area contributed by atoms with E-state index in [0.29, 0.717) is 25.7 Å². The summed E-state index contributed by atoms with van der Waals surface area (Å²) in [5, 5.41) is 7.28. The third kappa shape index (κ3) is 5.60. The van der Waals surface area contributed by atoms with Crippen molar-refractivity contribution in [2.45, 2.75) is 6.54 Å². The van der Waals surface area contributed by atoms with Gasteiger partial charge in [-0.2, -0.15) is 5.10 Å². The predicted molar refractivity (Wildman–Crippen MR) is 94.1 cm³/mol. The highest BCUT2D eigenvalue weighted by atomic mass is 127. The minimum absolute atomic E-state index is 0. The van der Waals surface area contributed by atoms with E-state index in [1.807, 2.05) is 6.07 Å². The van der Waals surface area contributed by atoms with Crippen LogP contribution < -0.4 is 11.1 Å². The van der Waals surface area contributed by atoms with Crippen LogP contribution in [0, 0.1) is 5.82 Å². The molecule has 2 rings (SSSR count). The Kier molecular flexibility index (Phi) is 7.82. The summed E-state index contributed by atoms with van der Waals surface area (Å²) in [5.41, 5.74) is 7.27. The van der Waals surface area contributed by atoms with E-state index in [-0.39, 0.29) is 29.8 Å². The van der Waals surface area contributed by atoms with Gasteiger partial charge in [0, 0.05) is 19.9 Å². The highest BCUT2D eigenvalue weighted by Crippen LogP contribution is 2.09. The number of methoxy groups -OCH3 is 1. The van der Waals surface area contributed by atoms with Gasteiger partial charge >= 0.3 is 0 Å². The highest BCUT2D eigenvalue weighted by Gasteiger charge is 2.01. The van der Waals surface area contributed by atoms with Gasteiger partial charge in [0.15, 0.2) is 5.96 Å². The summed E-state index contributed by atoms with van der Waals surface area (Å²) in [6.07, 6.45) is 1.80. The van der Waals surface area contributed by atoms with Gasteiger partial charge < -0.3 is 15.8 Å². The average Bonchev–Trinajstić information content (AvgIpc) is 2.95. The molecule has 0 aliphatic carbocycles. The maximum Gasteiger partial charge on any atom is 0.189 e. The fraction of sp³-hybridized carbons (Fsp3) is 0.286. The number of nitrogens with zero attached hydrogens (tertiary/aromatic N) is 3. The molecule has 0 aliphatic rings. The van der Waals surface area contributed by atoms with Crippen LogP contribution >= 0.6 is 24.0 Å². The predicted octanol–water partition coefficient (Wildman–Crippen LogP) is 1.68. The first-order chi connectivity index (χ1) is 10.2. The van der Waals surface area contributed by atoms with Gasteiger partial charge in [-0.1, -0.05) is 0 Å². The third-order valence-corrected chi connectivity index (χ3v) is 2.76. The fourth-order valence-electron chi connectivity index (χ4n) is 1.69. The molecule has 0 spiro atoms. The minimum Gasteiger partial charge on any atom is -0.383 e. The summed E-state index contributed by atoms with van der Waals surface area (Å²) in [6.45, 7) is 1.55. The van der Waals surface area contributed by atoms with Crippen LogP contribution in [0.5, 0.6) is 0 Å². The lowest BCUT2D eigenvalue weighted by atomic mass is 10.3. The first kappa shape index (κ1) is 18.4. The molecule has 0 radical (unpaired) electrons. The Morgan fingerprint density at radius 3 is 2.77 bits per heavy atom. The maximum absolute atomic E-state index is 12.9. The second-order valence-electron chi connectivity index (χ2n) is 4.35. The van der Waals surface area contributed by atoms with Crippen molar-refractivity contribution >= 4 is 29.9 Å². The fourth-order valence-corrected chi connectivity index (χ4v) is 1.69. The largest absolute Gasteiger partial charge is 0.383 e. The number of aromatic nitrogens is 2. The number of hydrogen-bond donors (Lipinski definition) is 2. The number of ether oxygens (including phenoxy) is 1. The van der Waals surface area contributed by atoms with Crippen LogP contribution in [0.15, 0.2) is 41.5 Å². The summed E-state index contributed by atoms with van der Waals surface area (Å²) < 4.78 is 19.4. The molecular weight excluding hydrogens is 400 g/mol. The average molecular weight is 419 g/mol. The molecule has 0 unspecified atom stereocenters. The molecule has 0 aliphatic heterocycles. The molecular formula is C14H19FIN5O. The number of nitrogens with two attached hydrogens (primary N) is 1. The van der Waals surface area contributed by atoms with E-state index in [0.717, 1.165) is 11.4 Å². The number of nitrogens with one attached hydrogen (secondary N) is 1. The molecule has 1 heterocycles. The Labute approximate surface area is 145 Å². The van der Waals surface area contributed by atoms with Crippen molar-refractivity contribution in [2.24, 2.45) is 10.7 Å². The van der Waals surface area contributed by atoms with E-state index in [1.54, 1.807) is 30.1 Å². The number of benzene rings is 1. The van der Waals surface area contributed by atoms with Crippen LogP contribution in [-0.2, 0) is 11.3 Å². The first-order valence-electron chi connectivity index (χ1n) is 6.52. The van der Waals surface area contributed by atoms with Crippen molar-refractivity contribution in [3.63, 3.8) is 0 Å². The molecule has 1 aromatic heterocycles. The van der Waals surface area contributed by atoms with Crippen molar-refractivity contribution in [2.75, 3.05) is 20.3 Å². The SMILES string of the molecule is COCCNC(N)=NCc1ccn(-c2ccc(F)cc2)n1.I. The third-order valence-electron chi connectivity index (χ3n) is 2.76. The molecule has 0 bridgehead atoms. The lowest BCUT2D eigenvalue weighted by Gasteiger charge is -2.03. The van der Waals surface area contributed by atoms with Crippen molar-refractivity contribution in [3.8, 4) is 5.69 Å². The molecule has 120 valence electrons. The van der Waals surface area contributed by atoms with Gasteiger partial charge in [-0.3, -0.25) is 0 Å². The van der Waals surface area contributed by atoms with Crippen LogP contribution in [-0.4, -0.2) is 36.0 Å². The van der Waals surface area contributed by atoms with E-state index in [4.69, 9.17) is 10.5 Å². The Bertz CT molecular complexity index is 600. The molecule has 0 amide bonds. The second kappa shape index (κ2) is 9.36. The lowest BCUT2D eigenvalue weighted by molar-refractivity contribution is 0.204. The van der Waals surface area contributed by atoms with Crippen molar-refractivity contribution in [3.05, 3.63) is 48.0 Å². The van der Waals surface area contributed by atoms with E-state index in [1.165, 1.54) is 12.1 Å².